The van der Waals surface area contributed by atoms with Crippen LogP contribution < -0.4 is 0 Å². The molecule has 0 aliphatic heterocycles. The topological polar surface area (TPSA) is 35.5 Å². The molecule has 0 saturated heterocycles. The SMILES string of the molecule is CC(C)(C)OOC(=O)c1ccccc1.[Na]. The minimum absolute atomic E-state index is 0. The van der Waals surface area contributed by atoms with E-state index in [0.717, 1.165) is 0 Å². The zero-order valence-electron chi connectivity index (χ0n) is 9.61. The third kappa shape index (κ3) is 5.95. The monoisotopic (exact) mass is 217 g/mol. The molecule has 0 bridgehead atoms. The molecule has 0 aliphatic rings. The Balaban J connectivity index is 0.00000196. The van der Waals surface area contributed by atoms with Crippen molar-refractivity contribution in [3.63, 3.8) is 0 Å². The van der Waals surface area contributed by atoms with Crippen LogP contribution in [0.15, 0.2) is 30.3 Å². The first-order valence-corrected chi connectivity index (χ1v) is 4.44. The van der Waals surface area contributed by atoms with Crippen LogP contribution >= 0.6 is 0 Å². The number of benzene rings is 1. The van der Waals surface area contributed by atoms with Gasteiger partial charge < -0.3 is 0 Å². The summed E-state index contributed by atoms with van der Waals surface area (Å²) in [5, 5.41) is 0. The van der Waals surface area contributed by atoms with Crippen molar-refractivity contribution in [2.75, 3.05) is 0 Å². The predicted molar refractivity (Wildman–Crippen MR) is 58.4 cm³/mol. The van der Waals surface area contributed by atoms with Gasteiger partial charge in [-0.1, -0.05) is 18.2 Å². The molecule has 0 spiro atoms. The van der Waals surface area contributed by atoms with E-state index in [9.17, 15) is 4.79 Å². The van der Waals surface area contributed by atoms with Crippen molar-refractivity contribution in [3.05, 3.63) is 35.9 Å². The number of hydrogen-bond donors (Lipinski definition) is 0. The van der Waals surface area contributed by atoms with E-state index in [1.165, 1.54) is 0 Å². The van der Waals surface area contributed by atoms with E-state index in [2.05, 4.69) is 4.89 Å². The van der Waals surface area contributed by atoms with Crippen LogP contribution in [-0.4, -0.2) is 41.1 Å². The standard InChI is InChI=1S/C11H14O3.Na/c1-11(2,3)14-13-10(12)9-7-5-4-6-8-9;/h4-8H,1-3H3;. The maximum atomic E-state index is 11.3. The molecular formula is C11H14NaO3. The van der Waals surface area contributed by atoms with E-state index < -0.39 is 11.6 Å². The normalized spacial score (nSPS) is 10.3. The van der Waals surface area contributed by atoms with Crippen molar-refractivity contribution in [1.82, 2.24) is 0 Å². The summed E-state index contributed by atoms with van der Waals surface area (Å²) in [6.07, 6.45) is 0. The zero-order valence-corrected chi connectivity index (χ0v) is 11.6. The van der Waals surface area contributed by atoms with Crippen molar-refractivity contribution in [2.24, 2.45) is 0 Å². The average molecular weight is 217 g/mol. The average Bonchev–Trinajstić information content (AvgIpc) is 2.14. The molecule has 3 nitrogen and oxygen atoms in total. The fraction of sp³-hybridized carbons (Fsp3) is 0.364. The third-order valence-corrected chi connectivity index (χ3v) is 1.38. The summed E-state index contributed by atoms with van der Waals surface area (Å²) >= 11 is 0. The van der Waals surface area contributed by atoms with Crippen LogP contribution in [0.1, 0.15) is 31.1 Å². The van der Waals surface area contributed by atoms with Crippen LogP contribution in [-0.2, 0) is 9.78 Å². The van der Waals surface area contributed by atoms with Crippen LogP contribution in [0.5, 0.6) is 0 Å². The molecular weight excluding hydrogens is 203 g/mol. The Labute approximate surface area is 112 Å². The van der Waals surface area contributed by atoms with Gasteiger partial charge in [-0.05, 0) is 32.9 Å². The number of carbonyl (C=O) groups is 1. The predicted octanol–water partition coefficient (Wildman–Crippen LogP) is 2.19. The van der Waals surface area contributed by atoms with E-state index in [1.807, 2.05) is 26.8 Å². The molecule has 1 rings (SSSR count). The van der Waals surface area contributed by atoms with Crippen molar-refractivity contribution in [2.45, 2.75) is 26.4 Å². The molecule has 0 fully saturated rings. The molecule has 0 aliphatic carbocycles. The maximum absolute atomic E-state index is 11.3. The Bertz CT molecular complexity index is 303. The molecule has 0 aromatic heterocycles. The molecule has 15 heavy (non-hydrogen) atoms. The summed E-state index contributed by atoms with van der Waals surface area (Å²) in [6, 6.07) is 8.73. The molecule has 0 saturated carbocycles. The second-order valence-electron chi connectivity index (χ2n) is 3.93. The first-order valence-electron chi connectivity index (χ1n) is 4.44. The van der Waals surface area contributed by atoms with E-state index in [0.29, 0.717) is 5.56 Å². The van der Waals surface area contributed by atoms with Gasteiger partial charge in [0.25, 0.3) is 0 Å². The van der Waals surface area contributed by atoms with Gasteiger partial charge in [-0.3, -0.25) is 4.89 Å². The Morgan fingerprint density at radius 2 is 1.67 bits per heavy atom. The Hall–Kier alpha value is -0.350. The number of rotatable bonds is 2. The van der Waals surface area contributed by atoms with E-state index in [1.54, 1.807) is 24.3 Å². The summed E-state index contributed by atoms with van der Waals surface area (Å²) in [4.78, 5) is 20.9. The smallest absolute Gasteiger partial charge is 0.292 e. The summed E-state index contributed by atoms with van der Waals surface area (Å²) in [5.41, 5.74) is 0.00140. The fourth-order valence-corrected chi connectivity index (χ4v) is 0.785. The van der Waals surface area contributed by atoms with Gasteiger partial charge in [-0.15, -0.1) is 0 Å². The van der Waals surface area contributed by atoms with Gasteiger partial charge in [0.05, 0.1) is 5.56 Å². The molecule has 0 atom stereocenters. The van der Waals surface area contributed by atoms with Crippen molar-refractivity contribution >= 4 is 35.5 Å². The third-order valence-electron chi connectivity index (χ3n) is 1.38. The van der Waals surface area contributed by atoms with Gasteiger partial charge in [-0.25, -0.2) is 4.79 Å². The summed E-state index contributed by atoms with van der Waals surface area (Å²) < 4.78 is 0. The molecule has 4 heteroatoms. The molecule has 0 amide bonds. The second kappa shape index (κ2) is 6.28. The largest absolute Gasteiger partial charge is 0.373 e. The quantitative estimate of drug-likeness (QED) is 0.433. The summed E-state index contributed by atoms with van der Waals surface area (Å²) in [7, 11) is 0. The van der Waals surface area contributed by atoms with E-state index >= 15 is 0 Å². The second-order valence-corrected chi connectivity index (χ2v) is 3.93. The summed E-state index contributed by atoms with van der Waals surface area (Å²) in [5.74, 6) is -0.472. The van der Waals surface area contributed by atoms with E-state index in [-0.39, 0.29) is 29.6 Å². The van der Waals surface area contributed by atoms with Crippen molar-refractivity contribution < 1.29 is 14.6 Å². The van der Waals surface area contributed by atoms with Gasteiger partial charge in [0.1, 0.15) is 5.60 Å². The molecule has 0 N–H and O–H groups in total. The van der Waals surface area contributed by atoms with Gasteiger partial charge in [0.2, 0.25) is 0 Å². The van der Waals surface area contributed by atoms with Crippen LogP contribution in [0.3, 0.4) is 0 Å². The van der Waals surface area contributed by atoms with Crippen molar-refractivity contribution in [3.8, 4) is 0 Å². The molecule has 1 radical (unpaired) electrons. The van der Waals surface area contributed by atoms with Gasteiger partial charge in [-0.2, -0.15) is 4.89 Å². The van der Waals surface area contributed by atoms with Crippen molar-refractivity contribution in [1.29, 1.82) is 0 Å². The summed E-state index contributed by atoms with van der Waals surface area (Å²) in [6.45, 7) is 5.43. The molecule has 1 aromatic rings. The Morgan fingerprint density at radius 3 is 2.13 bits per heavy atom. The zero-order chi connectivity index (χ0) is 10.6. The first-order chi connectivity index (χ1) is 6.49. The first kappa shape index (κ1) is 14.6. The van der Waals surface area contributed by atoms with Crippen LogP contribution in [0.25, 0.3) is 0 Å². The Kier molecular flexibility index (Phi) is 6.13. The number of hydrogen-bond acceptors (Lipinski definition) is 3. The van der Waals surface area contributed by atoms with Crippen LogP contribution in [0.4, 0.5) is 0 Å². The van der Waals surface area contributed by atoms with Gasteiger partial charge in [0, 0.05) is 29.6 Å². The molecule has 0 heterocycles. The van der Waals surface area contributed by atoms with Gasteiger partial charge in [0.15, 0.2) is 0 Å². The molecule has 77 valence electrons. The van der Waals surface area contributed by atoms with E-state index in [4.69, 9.17) is 4.89 Å². The fourth-order valence-electron chi connectivity index (χ4n) is 0.785. The molecule has 0 unspecified atom stereocenters. The molecule has 1 aromatic carbocycles. The minimum Gasteiger partial charge on any atom is -0.292 e. The Morgan fingerprint density at radius 1 is 1.13 bits per heavy atom. The maximum Gasteiger partial charge on any atom is 0.373 e. The van der Waals surface area contributed by atoms with Crippen LogP contribution in [0, 0.1) is 0 Å². The van der Waals surface area contributed by atoms with Crippen LogP contribution in [0.2, 0.25) is 0 Å². The minimum atomic E-state index is -0.482. The van der Waals surface area contributed by atoms with Gasteiger partial charge >= 0.3 is 5.97 Å². The number of carbonyl (C=O) groups excluding carboxylic acids is 1.